The van der Waals surface area contributed by atoms with Gasteiger partial charge in [-0.25, -0.2) is 14.6 Å². The fourth-order valence-electron chi connectivity index (χ4n) is 2.69. The molecule has 0 unspecified atom stereocenters. The molecule has 0 spiro atoms. The van der Waals surface area contributed by atoms with E-state index in [9.17, 15) is 9.59 Å². The van der Waals surface area contributed by atoms with Gasteiger partial charge < -0.3 is 15.9 Å². The highest BCUT2D eigenvalue weighted by molar-refractivity contribution is 7.13. The van der Waals surface area contributed by atoms with Crippen LogP contribution < -0.4 is 5.73 Å². The molecule has 0 fully saturated rings. The summed E-state index contributed by atoms with van der Waals surface area (Å²) < 4.78 is 0. The van der Waals surface area contributed by atoms with Crippen molar-refractivity contribution in [2.75, 3.05) is 25.4 Å². The molecule has 2 heterocycles. The molecule has 28 heavy (non-hydrogen) atoms. The summed E-state index contributed by atoms with van der Waals surface area (Å²) in [7, 11) is 0. The van der Waals surface area contributed by atoms with E-state index >= 15 is 0 Å². The van der Waals surface area contributed by atoms with Gasteiger partial charge in [-0.05, 0) is 24.0 Å². The van der Waals surface area contributed by atoms with Crippen LogP contribution in [0.3, 0.4) is 0 Å². The largest absolute Gasteiger partial charge is 0.478 e. The first kappa shape index (κ1) is 21.3. The molecule has 0 atom stereocenters. The zero-order valence-electron chi connectivity index (χ0n) is 15.3. The maximum absolute atomic E-state index is 9.55. The van der Waals surface area contributed by atoms with Gasteiger partial charge in [0.1, 0.15) is 0 Å². The summed E-state index contributed by atoms with van der Waals surface area (Å²) in [6.07, 6.45) is 5.62. The third kappa shape index (κ3) is 7.73. The Morgan fingerprint density at radius 2 is 1.86 bits per heavy atom. The highest BCUT2D eigenvalue weighted by Crippen LogP contribution is 2.23. The number of nitrogens with zero attached hydrogens (tertiary/aromatic N) is 2. The Labute approximate surface area is 167 Å². The molecule has 0 saturated carbocycles. The molecule has 1 aromatic carbocycles. The maximum Gasteiger partial charge on any atom is 0.328 e. The van der Waals surface area contributed by atoms with Gasteiger partial charge in [0.2, 0.25) is 0 Å². The van der Waals surface area contributed by atoms with E-state index in [2.05, 4.69) is 51.7 Å². The summed E-state index contributed by atoms with van der Waals surface area (Å²) >= 11 is 1.52. The second kappa shape index (κ2) is 11.0. The number of nitrogen functional groups attached to an aromatic ring is 1. The summed E-state index contributed by atoms with van der Waals surface area (Å²) in [5.41, 5.74) is 9.49. The first-order valence-electron chi connectivity index (χ1n) is 8.74. The summed E-state index contributed by atoms with van der Waals surface area (Å²) in [4.78, 5) is 26.0. The van der Waals surface area contributed by atoms with Crippen LogP contribution >= 0.6 is 11.3 Å². The van der Waals surface area contributed by atoms with Crippen molar-refractivity contribution in [3.8, 4) is 0 Å². The molecule has 0 aliphatic carbocycles. The monoisotopic (exact) mass is 401 g/mol. The van der Waals surface area contributed by atoms with E-state index in [0.29, 0.717) is 17.3 Å². The molecule has 0 radical (unpaired) electrons. The minimum Gasteiger partial charge on any atom is -0.478 e. The van der Waals surface area contributed by atoms with Crippen molar-refractivity contribution in [1.29, 1.82) is 0 Å². The Morgan fingerprint density at radius 1 is 1.18 bits per heavy atom. The number of carboxylic acids is 2. The van der Waals surface area contributed by atoms with Crippen LogP contribution in [-0.4, -0.2) is 51.7 Å². The molecule has 1 aliphatic rings. The molecule has 1 aromatic heterocycles. The van der Waals surface area contributed by atoms with E-state index in [1.807, 2.05) is 0 Å². The lowest BCUT2D eigenvalue weighted by Gasteiger charge is -2.26. The van der Waals surface area contributed by atoms with Crippen LogP contribution in [0, 0.1) is 0 Å². The van der Waals surface area contributed by atoms with E-state index in [1.165, 1.54) is 22.5 Å². The van der Waals surface area contributed by atoms with Gasteiger partial charge in [0.25, 0.3) is 0 Å². The minimum absolute atomic E-state index is 0.558. The van der Waals surface area contributed by atoms with E-state index in [4.69, 9.17) is 15.9 Å². The van der Waals surface area contributed by atoms with Crippen LogP contribution in [0.2, 0.25) is 0 Å². The van der Waals surface area contributed by atoms with Crippen molar-refractivity contribution in [1.82, 2.24) is 9.88 Å². The van der Waals surface area contributed by atoms with Gasteiger partial charge in [-0.3, -0.25) is 4.90 Å². The zero-order valence-corrected chi connectivity index (χ0v) is 16.1. The molecule has 4 N–H and O–H groups in total. The normalized spacial score (nSPS) is 14.2. The minimum atomic E-state index is -1.26. The molecule has 1 aliphatic heterocycles. The summed E-state index contributed by atoms with van der Waals surface area (Å²) in [6, 6.07) is 10.7. The van der Waals surface area contributed by atoms with Gasteiger partial charge in [0.15, 0.2) is 5.13 Å². The molecule has 148 valence electrons. The van der Waals surface area contributed by atoms with E-state index < -0.39 is 11.9 Å². The smallest absolute Gasteiger partial charge is 0.328 e. The first-order chi connectivity index (χ1) is 13.4. The summed E-state index contributed by atoms with van der Waals surface area (Å²) in [5.74, 6) is -2.51. The van der Waals surface area contributed by atoms with E-state index in [0.717, 1.165) is 38.2 Å². The van der Waals surface area contributed by atoms with Crippen molar-refractivity contribution >= 4 is 34.0 Å². The van der Waals surface area contributed by atoms with Crippen LogP contribution in [0.5, 0.6) is 0 Å². The summed E-state index contributed by atoms with van der Waals surface area (Å²) in [5, 5.41) is 18.3. The van der Waals surface area contributed by atoms with Gasteiger partial charge in [0.05, 0.1) is 5.69 Å². The average molecular weight is 401 g/mol. The molecule has 0 saturated heterocycles. The highest BCUT2D eigenvalue weighted by atomic mass is 32.1. The van der Waals surface area contributed by atoms with Gasteiger partial charge in [0, 0.05) is 37.2 Å². The van der Waals surface area contributed by atoms with Crippen LogP contribution in [-0.2, 0) is 16.0 Å². The highest BCUT2D eigenvalue weighted by Gasteiger charge is 2.15. The van der Waals surface area contributed by atoms with Crippen molar-refractivity contribution in [3.05, 3.63) is 65.2 Å². The number of anilines is 1. The Balaban J connectivity index is 0.000000300. The predicted octanol–water partition coefficient (Wildman–Crippen LogP) is 2.77. The van der Waals surface area contributed by atoms with Crippen molar-refractivity contribution in [2.24, 2.45) is 0 Å². The van der Waals surface area contributed by atoms with Crippen LogP contribution in [0.4, 0.5) is 5.13 Å². The van der Waals surface area contributed by atoms with Crippen molar-refractivity contribution < 1.29 is 19.8 Å². The van der Waals surface area contributed by atoms with Gasteiger partial charge in [-0.1, -0.05) is 36.4 Å². The maximum atomic E-state index is 9.55. The SMILES string of the molecule is Nc1nc(C2=CCCN(CCc3ccccc3)C2)cs1.O=C(O)/C=C/C(=O)O. The fraction of sp³-hybridized carbons (Fsp3) is 0.250. The number of aliphatic carboxylic acids is 2. The number of thiazole rings is 1. The number of carboxylic acid groups (broad SMARTS) is 2. The number of hydrogen-bond donors (Lipinski definition) is 3. The summed E-state index contributed by atoms with van der Waals surface area (Å²) in [6.45, 7) is 3.22. The fourth-order valence-corrected chi connectivity index (χ4v) is 3.28. The van der Waals surface area contributed by atoms with Crippen molar-refractivity contribution in [3.63, 3.8) is 0 Å². The average Bonchev–Trinajstić information content (AvgIpc) is 3.13. The quantitative estimate of drug-likeness (QED) is 0.637. The van der Waals surface area contributed by atoms with Gasteiger partial charge in [-0.2, -0.15) is 0 Å². The number of carbonyl (C=O) groups is 2. The Hall–Kier alpha value is -2.97. The van der Waals surface area contributed by atoms with Gasteiger partial charge in [-0.15, -0.1) is 11.3 Å². The molecular weight excluding hydrogens is 378 g/mol. The Bertz CT molecular complexity index is 830. The second-order valence-electron chi connectivity index (χ2n) is 6.11. The molecule has 3 rings (SSSR count). The van der Waals surface area contributed by atoms with E-state index in [-0.39, 0.29) is 0 Å². The lowest BCUT2D eigenvalue weighted by atomic mass is 10.1. The Kier molecular flexibility index (Phi) is 8.38. The number of benzene rings is 1. The zero-order chi connectivity index (χ0) is 20.4. The first-order valence-corrected chi connectivity index (χ1v) is 9.62. The Morgan fingerprint density at radius 3 is 2.43 bits per heavy atom. The predicted molar refractivity (Wildman–Crippen MR) is 110 cm³/mol. The van der Waals surface area contributed by atoms with Crippen molar-refractivity contribution in [2.45, 2.75) is 12.8 Å². The topological polar surface area (TPSA) is 117 Å². The lowest BCUT2D eigenvalue weighted by Crippen LogP contribution is -2.31. The third-order valence-electron chi connectivity index (χ3n) is 4.01. The van der Waals surface area contributed by atoms with Crippen LogP contribution in [0.25, 0.3) is 5.57 Å². The molecule has 8 heteroatoms. The molecule has 7 nitrogen and oxygen atoms in total. The molecule has 2 aromatic rings. The second-order valence-corrected chi connectivity index (χ2v) is 7.00. The number of rotatable bonds is 6. The lowest BCUT2D eigenvalue weighted by molar-refractivity contribution is -0.134. The standard InChI is InChI=1S/C16H19N3S.C4H4O4/c17-16-18-15(12-20-16)14-7-4-9-19(11-14)10-8-13-5-2-1-3-6-13;5-3(6)1-2-4(7)8/h1-3,5-7,12H,4,8-11H2,(H2,17,18);1-2H,(H,5,6)(H,7,8)/b;2-1+. The van der Waals surface area contributed by atoms with Gasteiger partial charge >= 0.3 is 11.9 Å². The van der Waals surface area contributed by atoms with Crippen LogP contribution in [0.15, 0.2) is 53.9 Å². The molecule has 0 amide bonds. The van der Waals surface area contributed by atoms with Crippen LogP contribution in [0.1, 0.15) is 17.7 Å². The number of hydrogen-bond acceptors (Lipinski definition) is 6. The number of aromatic nitrogens is 1. The molecular formula is C20H23N3O4S. The van der Waals surface area contributed by atoms with E-state index in [1.54, 1.807) is 0 Å². The third-order valence-corrected chi connectivity index (χ3v) is 4.68. The molecule has 0 bridgehead atoms. The number of nitrogens with two attached hydrogens (primary N) is 1.